The summed E-state index contributed by atoms with van der Waals surface area (Å²) in [6.07, 6.45) is 2.65. The fourth-order valence-electron chi connectivity index (χ4n) is 4.05. The minimum Gasteiger partial charge on any atom is -0.266 e. The Morgan fingerprint density at radius 3 is 2.55 bits per heavy atom. The van der Waals surface area contributed by atoms with Crippen LogP contribution in [0.5, 0.6) is 0 Å². The van der Waals surface area contributed by atoms with Crippen LogP contribution in [0.4, 0.5) is 0 Å². The van der Waals surface area contributed by atoms with Crippen molar-refractivity contribution in [2.75, 3.05) is 0 Å². The van der Waals surface area contributed by atoms with Crippen LogP contribution in [0.1, 0.15) is 44.2 Å². The minimum absolute atomic E-state index is 0.231. The molecule has 1 aliphatic carbocycles. The summed E-state index contributed by atoms with van der Waals surface area (Å²) in [6, 6.07) is 19.0. The van der Waals surface area contributed by atoms with Gasteiger partial charge in [0.1, 0.15) is 5.69 Å². The van der Waals surface area contributed by atoms with Crippen LogP contribution < -0.4 is 10.9 Å². The normalized spacial score (nSPS) is 12.5. The SMILES string of the molecule is Cc1ccccc1-n1nc(C(=O)NNC(=O)c2ccc3ccccc3n2)c2c1CCC2. The van der Waals surface area contributed by atoms with Crippen molar-refractivity contribution in [2.24, 2.45) is 0 Å². The van der Waals surface area contributed by atoms with Gasteiger partial charge >= 0.3 is 0 Å². The van der Waals surface area contributed by atoms with E-state index in [-0.39, 0.29) is 5.69 Å². The van der Waals surface area contributed by atoms with Crippen molar-refractivity contribution in [3.8, 4) is 5.69 Å². The average Bonchev–Trinajstić information content (AvgIpc) is 3.40. The minimum atomic E-state index is -0.478. The fraction of sp³-hybridized carbons (Fsp3) is 0.167. The molecule has 0 atom stereocenters. The van der Waals surface area contributed by atoms with E-state index in [0.717, 1.165) is 52.7 Å². The molecule has 0 aliphatic heterocycles. The summed E-state index contributed by atoms with van der Waals surface area (Å²) in [5.74, 6) is -0.909. The van der Waals surface area contributed by atoms with Crippen LogP contribution in [-0.2, 0) is 12.8 Å². The van der Waals surface area contributed by atoms with Crippen molar-refractivity contribution in [1.29, 1.82) is 0 Å². The smallest absolute Gasteiger partial charge is 0.266 e. The Kier molecular flexibility index (Phi) is 4.71. The fourth-order valence-corrected chi connectivity index (χ4v) is 4.05. The zero-order chi connectivity index (χ0) is 21.4. The number of carbonyl (C=O) groups is 2. The second-order valence-corrected chi connectivity index (χ2v) is 7.62. The first-order valence-electron chi connectivity index (χ1n) is 10.2. The van der Waals surface area contributed by atoms with Crippen LogP contribution in [0.25, 0.3) is 16.6 Å². The molecule has 2 amide bonds. The third-order valence-electron chi connectivity index (χ3n) is 5.61. The predicted octanol–water partition coefficient (Wildman–Crippen LogP) is 3.29. The molecule has 0 radical (unpaired) electrons. The maximum absolute atomic E-state index is 12.9. The van der Waals surface area contributed by atoms with E-state index >= 15 is 0 Å². The Bertz CT molecular complexity index is 1320. The molecule has 0 fully saturated rings. The van der Waals surface area contributed by atoms with Gasteiger partial charge in [-0.1, -0.05) is 42.5 Å². The number of hydrazine groups is 1. The third-order valence-corrected chi connectivity index (χ3v) is 5.61. The molecule has 1 aliphatic rings. The summed E-state index contributed by atoms with van der Waals surface area (Å²) >= 11 is 0. The van der Waals surface area contributed by atoms with Gasteiger partial charge in [-0.2, -0.15) is 5.10 Å². The van der Waals surface area contributed by atoms with Crippen molar-refractivity contribution in [2.45, 2.75) is 26.2 Å². The monoisotopic (exact) mass is 411 g/mol. The van der Waals surface area contributed by atoms with E-state index in [0.29, 0.717) is 5.69 Å². The first-order valence-corrected chi connectivity index (χ1v) is 10.2. The quantitative estimate of drug-likeness (QED) is 0.506. The van der Waals surface area contributed by atoms with Crippen molar-refractivity contribution in [3.63, 3.8) is 0 Å². The molecule has 4 aromatic rings. The molecule has 0 unspecified atom stereocenters. The average molecular weight is 411 g/mol. The number of rotatable bonds is 3. The van der Waals surface area contributed by atoms with E-state index in [1.54, 1.807) is 6.07 Å². The van der Waals surface area contributed by atoms with Gasteiger partial charge in [-0.15, -0.1) is 0 Å². The highest BCUT2D eigenvalue weighted by molar-refractivity contribution is 5.99. The lowest BCUT2D eigenvalue weighted by Crippen LogP contribution is -2.42. The van der Waals surface area contributed by atoms with E-state index in [1.165, 1.54) is 0 Å². The van der Waals surface area contributed by atoms with E-state index in [4.69, 9.17) is 0 Å². The van der Waals surface area contributed by atoms with Gasteiger partial charge in [-0.25, -0.2) is 9.67 Å². The summed E-state index contributed by atoms with van der Waals surface area (Å²) < 4.78 is 1.86. The second kappa shape index (κ2) is 7.68. The number of pyridine rings is 1. The summed E-state index contributed by atoms with van der Waals surface area (Å²) in [4.78, 5) is 29.7. The molecule has 2 heterocycles. The molecule has 0 bridgehead atoms. The first kappa shape index (κ1) is 19.0. The lowest BCUT2D eigenvalue weighted by molar-refractivity contribution is 0.0840. The number of benzene rings is 2. The Labute approximate surface area is 179 Å². The van der Waals surface area contributed by atoms with Crippen LogP contribution in [0.3, 0.4) is 0 Å². The third kappa shape index (κ3) is 3.44. The molecule has 154 valence electrons. The molecular weight excluding hydrogens is 390 g/mol. The summed E-state index contributed by atoms with van der Waals surface area (Å²) in [6.45, 7) is 2.02. The van der Waals surface area contributed by atoms with E-state index in [9.17, 15) is 9.59 Å². The summed E-state index contributed by atoms with van der Waals surface area (Å²) in [7, 11) is 0. The zero-order valence-corrected chi connectivity index (χ0v) is 17.1. The highest BCUT2D eigenvalue weighted by Gasteiger charge is 2.27. The van der Waals surface area contributed by atoms with Crippen molar-refractivity contribution < 1.29 is 9.59 Å². The maximum Gasteiger partial charge on any atom is 0.290 e. The summed E-state index contributed by atoms with van der Waals surface area (Å²) in [5, 5.41) is 5.54. The van der Waals surface area contributed by atoms with Crippen molar-refractivity contribution in [3.05, 3.63) is 88.9 Å². The van der Waals surface area contributed by atoms with Crippen LogP contribution in [0.2, 0.25) is 0 Å². The molecule has 7 nitrogen and oxygen atoms in total. The van der Waals surface area contributed by atoms with Crippen LogP contribution >= 0.6 is 0 Å². The molecule has 0 saturated heterocycles. The van der Waals surface area contributed by atoms with Gasteiger partial charge in [0.25, 0.3) is 11.8 Å². The molecule has 0 spiro atoms. The number of nitrogens with zero attached hydrogens (tertiary/aromatic N) is 3. The number of aryl methyl sites for hydroxylation is 1. The molecule has 2 N–H and O–H groups in total. The van der Waals surface area contributed by atoms with E-state index in [2.05, 4.69) is 20.9 Å². The molecule has 7 heteroatoms. The number of fused-ring (bicyclic) bond motifs is 2. The standard InChI is InChI=1S/C24H21N5O2/c1-15-7-2-5-11-20(15)29-21-12-6-9-17(21)22(28-29)24(31)27-26-23(30)19-14-13-16-8-3-4-10-18(16)25-19/h2-5,7-8,10-11,13-14H,6,9,12H2,1H3,(H,26,30)(H,27,31). The van der Waals surface area contributed by atoms with Crippen molar-refractivity contribution >= 4 is 22.7 Å². The lowest BCUT2D eigenvalue weighted by Gasteiger charge is -2.09. The van der Waals surface area contributed by atoms with Gasteiger partial charge < -0.3 is 0 Å². The number of para-hydroxylation sites is 2. The van der Waals surface area contributed by atoms with Crippen molar-refractivity contribution in [1.82, 2.24) is 25.6 Å². The van der Waals surface area contributed by atoms with Gasteiger partial charge in [0.15, 0.2) is 5.69 Å². The zero-order valence-electron chi connectivity index (χ0n) is 17.1. The molecule has 0 saturated carbocycles. The predicted molar refractivity (Wildman–Crippen MR) is 117 cm³/mol. The number of hydrogen-bond acceptors (Lipinski definition) is 4. The Morgan fingerprint density at radius 1 is 0.903 bits per heavy atom. The number of aromatic nitrogens is 3. The number of amides is 2. The van der Waals surface area contributed by atoms with Gasteiger partial charge in [0.2, 0.25) is 0 Å². The molecule has 2 aromatic carbocycles. The number of carbonyl (C=O) groups excluding carboxylic acids is 2. The van der Waals surface area contributed by atoms with Crippen LogP contribution in [-0.4, -0.2) is 26.6 Å². The maximum atomic E-state index is 12.9. The number of hydrogen-bond donors (Lipinski definition) is 2. The van der Waals surface area contributed by atoms with Crippen LogP contribution in [0.15, 0.2) is 60.7 Å². The summed E-state index contributed by atoms with van der Waals surface area (Å²) in [5.41, 5.74) is 10.3. The first-order chi connectivity index (χ1) is 15.1. The molecular formula is C24H21N5O2. The number of nitrogens with one attached hydrogen (secondary N) is 2. The van der Waals surface area contributed by atoms with E-state index in [1.807, 2.05) is 66.2 Å². The Hall–Kier alpha value is -4.00. The van der Waals surface area contributed by atoms with Gasteiger partial charge in [-0.3, -0.25) is 20.4 Å². The van der Waals surface area contributed by atoms with Crippen LogP contribution in [0, 0.1) is 6.92 Å². The van der Waals surface area contributed by atoms with Gasteiger partial charge in [0.05, 0.1) is 11.2 Å². The highest BCUT2D eigenvalue weighted by atomic mass is 16.2. The Morgan fingerprint density at radius 2 is 1.68 bits per heavy atom. The highest BCUT2D eigenvalue weighted by Crippen LogP contribution is 2.28. The molecule has 2 aromatic heterocycles. The second-order valence-electron chi connectivity index (χ2n) is 7.62. The van der Waals surface area contributed by atoms with Gasteiger partial charge in [-0.05, 0) is 49.9 Å². The molecule has 31 heavy (non-hydrogen) atoms. The largest absolute Gasteiger partial charge is 0.290 e. The van der Waals surface area contributed by atoms with Gasteiger partial charge in [0, 0.05) is 16.6 Å². The molecule has 5 rings (SSSR count). The Balaban J connectivity index is 1.36. The van der Waals surface area contributed by atoms with E-state index < -0.39 is 11.8 Å². The topological polar surface area (TPSA) is 88.9 Å². The lowest BCUT2D eigenvalue weighted by atomic mass is 10.2.